The minimum Gasteiger partial charge on any atom is -0.314 e. The third-order valence-corrected chi connectivity index (χ3v) is 4.26. The van der Waals surface area contributed by atoms with Crippen LogP contribution in [0, 0.1) is 17.0 Å². The fourth-order valence-electron chi connectivity index (χ4n) is 2.72. The molecule has 0 amide bonds. The predicted molar refractivity (Wildman–Crippen MR) is 85.4 cm³/mol. The molecular weight excluding hydrogens is 268 g/mol. The summed E-state index contributed by atoms with van der Waals surface area (Å²) in [5.74, 6) is -1.51. The number of rotatable bonds is 9. The summed E-state index contributed by atoms with van der Waals surface area (Å²) in [6.07, 6.45) is 5.25. The van der Waals surface area contributed by atoms with Crippen molar-refractivity contribution in [1.29, 1.82) is 0 Å². The molecule has 0 aliphatic heterocycles. The smallest absolute Gasteiger partial charge is 0.159 e. The number of nitrogens with one attached hydrogen (secondary N) is 1. The monoisotopic (exact) mass is 297 g/mol. The van der Waals surface area contributed by atoms with Crippen LogP contribution in [-0.4, -0.2) is 12.6 Å². The molecule has 120 valence electrons. The highest BCUT2D eigenvalue weighted by Gasteiger charge is 2.28. The maximum Gasteiger partial charge on any atom is 0.159 e. The summed E-state index contributed by atoms with van der Waals surface area (Å²) in [5, 5.41) is 3.52. The van der Waals surface area contributed by atoms with Gasteiger partial charge in [-0.25, -0.2) is 8.78 Å². The summed E-state index contributed by atoms with van der Waals surface area (Å²) in [4.78, 5) is 0. The van der Waals surface area contributed by atoms with E-state index in [1.165, 1.54) is 12.1 Å². The molecule has 0 aromatic heterocycles. The Bertz CT molecular complexity index is 431. The molecule has 0 fully saturated rings. The van der Waals surface area contributed by atoms with E-state index in [9.17, 15) is 8.78 Å². The zero-order chi connectivity index (χ0) is 15.9. The minimum absolute atomic E-state index is 0.116. The molecule has 0 heterocycles. The highest BCUT2D eigenvalue weighted by atomic mass is 19.2. The second-order valence-corrected chi connectivity index (χ2v) is 6.42. The third kappa shape index (κ3) is 5.74. The number of halogens is 2. The topological polar surface area (TPSA) is 12.0 Å². The van der Waals surface area contributed by atoms with E-state index in [1.54, 1.807) is 6.07 Å². The van der Waals surface area contributed by atoms with Gasteiger partial charge in [0.15, 0.2) is 11.6 Å². The maximum atomic E-state index is 13.4. The zero-order valence-electron chi connectivity index (χ0n) is 13.8. The van der Waals surface area contributed by atoms with Crippen LogP contribution >= 0.6 is 0 Å². The molecule has 1 nitrogen and oxygen atoms in total. The molecule has 1 aromatic carbocycles. The van der Waals surface area contributed by atoms with Crippen LogP contribution in [0.2, 0.25) is 0 Å². The van der Waals surface area contributed by atoms with E-state index < -0.39 is 11.6 Å². The molecule has 0 saturated carbocycles. The van der Waals surface area contributed by atoms with E-state index in [2.05, 4.69) is 33.0 Å². The molecule has 1 atom stereocenters. The molecule has 3 heteroatoms. The van der Waals surface area contributed by atoms with Crippen LogP contribution in [-0.2, 0) is 6.42 Å². The molecule has 0 saturated heterocycles. The number of hydrogen-bond donors (Lipinski definition) is 1. The van der Waals surface area contributed by atoms with Gasteiger partial charge in [-0.1, -0.05) is 46.6 Å². The van der Waals surface area contributed by atoms with Gasteiger partial charge in [0.25, 0.3) is 0 Å². The van der Waals surface area contributed by atoms with Gasteiger partial charge in [-0.3, -0.25) is 0 Å². The lowest BCUT2D eigenvalue weighted by Gasteiger charge is -2.34. The van der Waals surface area contributed by atoms with Crippen LogP contribution in [0.5, 0.6) is 0 Å². The molecule has 0 aliphatic carbocycles. The van der Waals surface area contributed by atoms with Crippen LogP contribution in [0.15, 0.2) is 18.2 Å². The SMILES string of the molecule is CCCCC(CC)(CNC(C)C)Cc1ccc(F)c(F)c1. The molecule has 0 spiro atoms. The van der Waals surface area contributed by atoms with Gasteiger partial charge in [0.2, 0.25) is 0 Å². The second kappa shape index (κ2) is 8.47. The van der Waals surface area contributed by atoms with Crippen molar-refractivity contribution in [3.05, 3.63) is 35.4 Å². The molecule has 21 heavy (non-hydrogen) atoms. The Balaban J connectivity index is 2.89. The standard InChI is InChI=1S/C18H29F2N/c1-5-7-10-18(6-2,13-21-14(3)4)12-15-8-9-16(19)17(20)11-15/h8-9,11,14,21H,5-7,10,12-13H2,1-4H3. The van der Waals surface area contributed by atoms with Crippen molar-refractivity contribution in [3.63, 3.8) is 0 Å². The molecular formula is C18H29F2N. The van der Waals surface area contributed by atoms with E-state index >= 15 is 0 Å². The number of benzene rings is 1. The Morgan fingerprint density at radius 2 is 1.86 bits per heavy atom. The first kappa shape index (κ1) is 18.1. The van der Waals surface area contributed by atoms with E-state index in [1.807, 2.05) is 0 Å². The Labute approximate surface area is 128 Å². The van der Waals surface area contributed by atoms with E-state index in [0.717, 1.165) is 44.2 Å². The lowest BCUT2D eigenvalue weighted by Crippen LogP contribution is -2.39. The first-order chi connectivity index (χ1) is 9.92. The van der Waals surface area contributed by atoms with Crippen molar-refractivity contribution in [3.8, 4) is 0 Å². The normalized spacial score (nSPS) is 14.4. The third-order valence-electron chi connectivity index (χ3n) is 4.26. The summed E-state index contributed by atoms with van der Waals surface area (Å²) < 4.78 is 26.5. The molecule has 0 radical (unpaired) electrons. The predicted octanol–water partition coefficient (Wildman–Crippen LogP) is 5.09. The quantitative estimate of drug-likeness (QED) is 0.669. The highest BCUT2D eigenvalue weighted by molar-refractivity contribution is 5.19. The van der Waals surface area contributed by atoms with Crippen LogP contribution in [0.3, 0.4) is 0 Å². The summed E-state index contributed by atoms with van der Waals surface area (Å²) in [6.45, 7) is 9.57. The molecule has 1 rings (SSSR count). The maximum absolute atomic E-state index is 13.4. The van der Waals surface area contributed by atoms with E-state index in [0.29, 0.717) is 6.04 Å². The fraction of sp³-hybridized carbons (Fsp3) is 0.667. The average molecular weight is 297 g/mol. The summed E-state index contributed by atoms with van der Waals surface area (Å²) in [5.41, 5.74) is 1.00. The molecule has 1 unspecified atom stereocenters. The lowest BCUT2D eigenvalue weighted by molar-refractivity contribution is 0.222. The van der Waals surface area contributed by atoms with Gasteiger partial charge in [0, 0.05) is 12.6 Å². The van der Waals surface area contributed by atoms with Gasteiger partial charge in [0.1, 0.15) is 0 Å². The van der Waals surface area contributed by atoms with Crippen LogP contribution in [0.25, 0.3) is 0 Å². The van der Waals surface area contributed by atoms with Crippen molar-refractivity contribution in [2.24, 2.45) is 5.41 Å². The molecule has 1 aromatic rings. The number of hydrogen-bond acceptors (Lipinski definition) is 1. The molecule has 1 N–H and O–H groups in total. The molecule has 0 bridgehead atoms. The summed E-state index contributed by atoms with van der Waals surface area (Å²) in [6, 6.07) is 4.73. The Morgan fingerprint density at radius 1 is 1.14 bits per heavy atom. The van der Waals surface area contributed by atoms with Crippen molar-refractivity contribution in [2.45, 2.75) is 65.8 Å². The van der Waals surface area contributed by atoms with Crippen molar-refractivity contribution in [2.75, 3.05) is 6.54 Å². The van der Waals surface area contributed by atoms with Gasteiger partial charge < -0.3 is 5.32 Å². The van der Waals surface area contributed by atoms with Crippen LogP contribution in [0.4, 0.5) is 8.78 Å². The van der Waals surface area contributed by atoms with Gasteiger partial charge >= 0.3 is 0 Å². The van der Waals surface area contributed by atoms with E-state index in [4.69, 9.17) is 0 Å². The summed E-state index contributed by atoms with van der Waals surface area (Å²) >= 11 is 0. The van der Waals surface area contributed by atoms with Crippen LogP contribution in [0.1, 0.15) is 58.9 Å². The van der Waals surface area contributed by atoms with Gasteiger partial charge in [-0.2, -0.15) is 0 Å². The lowest BCUT2D eigenvalue weighted by atomic mass is 9.75. The average Bonchev–Trinajstić information content (AvgIpc) is 2.46. The van der Waals surface area contributed by atoms with Gasteiger partial charge in [-0.15, -0.1) is 0 Å². The second-order valence-electron chi connectivity index (χ2n) is 6.42. The van der Waals surface area contributed by atoms with Gasteiger partial charge in [-0.05, 0) is 42.4 Å². The Kier molecular flexibility index (Phi) is 7.30. The number of unbranched alkanes of at least 4 members (excludes halogenated alkanes) is 1. The van der Waals surface area contributed by atoms with Crippen LogP contribution < -0.4 is 5.32 Å². The van der Waals surface area contributed by atoms with E-state index in [-0.39, 0.29) is 5.41 Å². The fourth-order valence-corrected chi connectivity index (χ4v) is 2.72. The zero-order valence-corrected chi connectivity index (χ0v) is 13.8. The van der Waals surface area contributed by atoms with Crippen molar-refractivity contribution >= 4 is 0 Å². The van der Waals surface area contributed by atoms with Crippen molar-refractivity contribution in [1.82, 2.24) is 5.32 Å². The van der Waals surface area contributed by atoms with Gasteiger partial charge in [0.05, 0.1) is 0 Å². The van der Waals surface area contributed by atoms with Crippen molar-refractivity contribution < 1.29 is 8.78 Å². The summed E-state index contributed by atoms with van der Waals surface area (Å²) in [7, 11) is 0. The largest absolute Gasteiger partial charge is 0.314 e. The Hall–Kier alpha value is -0.960. The minimum atomic E-state index is -0.769. The molecule has 0 aliphatic rings. The Morgan fingerprint density at radius 3 is 2.38 bits per heavy atom. The highest BCUT2D eigenvalue weighted by Crippen LogP contribution is 2.33. The first-order valence-corrected chi connectivity index (χ1v) is 8.09. The first-order valence-electron chi connectivity index (χ1n) is 8.09.